The van der Waals surface area contributed by atoms with E-state index < -0.39 is 0 Å². The molecule has 1 aromatic heterocycles. The number of hydrogen-bond donors (Lipinski definition) is 2. The summed E-state index contributed by atoms with van der Waals surface area (Å²) in [7, 11) is 1.80. The van der Waals surface area contributed by atoms with E-state index in [0.29, 0.717) is 11.6 Å². The highest BCUT2D eigenvalue weighted by atomic mass is 16.1. The summed E-state index contributed by atoms with van der Waals surface area (Å²) in [6, 6.07) is 0.578. The lowest BCUT2D eigenvalue weighted by atomic mass is 10.1. The molecular formula is C11H18N4O. The van der Waals surface area contributed by atoms with Gasteiger partial charge in [-0.25, -0.2) is 0 Å². The summed E-state index contributed by atoms with van der Waals surface area (Å²) in [5.41, 5.74) is 0.627. The molecule has 0 radical (unpaired) electrons. The van der Waals surface area contributed by atoms with Gasteiger partial charge in [0, 0.05) is 25.8 Å². The monoisotopic (exact) mass is 222 g/mol. The molecule has 2 N–H and O–H groups in total. The highest BCUT2D eigenvalue weighted by Gasteiger charge is 2.14. The molecule has 0 saturated carbocycles. The second kappa shape index (κ2) is 5.12. The topological polar surface area (TPSA) is 59.0 Å². The smallest absolute Gasteiger partial charge is 0.254 e. The molecule has 2 heterocycles. The molecule has 1 aliphatic heterocycles. The van der Waals surface area contributed by atoms with Gasteiger partial charge in [-0.3, -0.25) is 9.48 Å². The van der Waals surface area contributed by atoms with Crippen LogP contribution < -0.4 is 10.6 Å². The molecule has 0 aliphatic carbocycles. The van der Waals surface area contributed by atoms with E-state index in [1.54, 1.807) is 24.1 Å². The minimum atomic E-state index is -0.0360. The molecule has 1 fully saturated rings. The molecule has 0 bridgehead atoms. The van der Waals surface area contributed by atoms with E-state index in [-0.39, 0.29) is 5.91 Å². The predicted molar refractivity (Wildman–Crippen MR) is 61.2 cm³/mol. The van der Waals surface area contributed by atoms with Crippen molar-refractivity contribution in [2.75, 3.05) is 13.1 Å². The minimum Gasteiger partial charge on any atom is -0.352 e. The number of carbonyl (C=O) groups excluding carboxylic acids is 1. The SMILES string of the molecule is Cn1cc(C(=O)NCCC2CCCN2)cn1. The molecule has 16 heavy (non-hydrogen) atoms. The summed E-state index contributed by atoms with van der Waals surface area (Å²) in [6.07, 6.45) is 6.79. The van der Waals surface area contributed by atoms with Crippen LogP contribution in [0.2, 0.25) is 0 Å². The van der Waals surface area contributed by atoms with E-state index in [4.69, 9.17) is 0 Å². The van der Waals surface area contributed by atoms with Crippen LogP contribution in [0.1, 0.15) is 29.6 Å². The Bertz CT molecular complexity index is 355. The van der Waals surface area contributed by atoms with Gasteiger partial charge in [-0.2, -0.15) is 5.10 Å². The van der Waals surface area contributed by atoms with Gasteiger partial charge in [-0.15, -0.1) is 0 Å². The van der Waals surface area contributed by atoms with Crippen LogP contribution in [-0.2, 0) is 7.05 Å². The Morgan fingerprint density at radius 2 is 2.62 bits per heavy atom. The molecule has 88 valence electrons. The van der Waals surface area contributed by atoms with Crippen molar-refractivity contribution in [1.82, 2.24) is 20.4 Å². The van der Waals surface area contributed by atoms with Crippen LogP contribution in [0.25, 0.3) is 0 Å². The number of amides is 1. The minimum absolute atomic E-state index is 0.0360. The Morgan fingerprint density at radius 1 is 1.75 bits per heavy atom. The van der Waals surface area contributed by atoms with Crippen LogP contribution in [0.5, 0.6) is 0 Å². The molecule has 1 saturated heterocycles. The standard InChI is InChI=1S/C11H18N4O/c1-15-8-9(7-14-15)11(16)13-6-4-10-3-2-5-12-10/h7-8,10,12H,2-6H2,1H3,(H,13,16). The van der Waals surface area contributed by atoms with Gasteiger partial charge in [0.15, 0.2) is 0 Å². The molecule has 1 amide bonds. The third-order valence-electron chi connectivity index (χ3n) is 2.91. The maximum Gasteiger partial charge on any atom is 0.254 e. The van der Waals surface area contributed by atoms with Crippen LogP contribution in [0, 0.1) is 0 Å². The third-order valence-corrected chi connectivity index (χ3v) is 2.91. The Labute approximate surface area is 95.2 Å². The normalized spacial score (nSPS) is 19.9. The van der Waals surface area contributed by atoms with E-state index in [1.165, 1.54) is 12.8 Å². The van der Waals surface area contributed by atoms with Crippen molar-refractivity contribution < 1.29 is 4.79 Å². The van der Waals surface area contributed by atoms with Crippen LogP contribution in [0.3, 0.4) is 0 Å². The molecular weight excluding hydrogens is 204 g/mol. The number of aryl methyl sites for hydroxylation is 1. The van der Waals surface area contributed by atoms with Crippen molar-refractivity contribution in [3.05, 3.63) is 18.0 Å². The molecule has 0 aromatic carbocycles. The third kappa shape index (κ3) is 2.82. The Morgan fingerprint density at radius 3 is 3.25 bits per heavy atom. The number of hydrogen-bond acceptors (Lipinski definition) is 3. The average molecular weight is 222 g/mol. The zero-order valence-corrected chi connectivity index (χ0v) is 9.57. The maximum absolute atomic E-state index is 11.6. The van der Waals surface area contributed by atoms with Gasteiger partial charge in [-0.1, -0.05) is 0 Å². The van der Waals surface area contributed by atoms with Crippen molar-refractivity contribution in [3.8, 4) is 0 Å². The van der Waals surface area contributed by atoms with E-state index >= 15 is 0 Å². The maximum atomic E-state index is 11.6. The highest BCUT2D eigenvalue weighted by Crippen LogP contribution is 2.07. The lowest BCUT2D eigenvalue weighted by Crippen LogP contribution is -2.30. The number of rotatable bonds is 4. The van der Waals surface area contributed by atoms with E-state index in [9.17, 15) is 4.79 Å². The lowest BCUT2D eigenvalue weighted by Gasteiger charge is -2.09. The zero-order valence-electron chi connectivity index (χ0n) is 9.57. The van der Waals surface area contributed by atoms with Crippen molar-refractivity contribution >= 4 is 5.91 Å². The van der Waals surface area contributed by atoms with Gasteiger partial charge in [0.05, 0.1) is 11.8 Å². The lowest BCUT2D eigenvalue weighted by molar-refractivity contribution is 0.0952. The average Bonchev–Trinajstić information content (AvgIpc) is 2.89. The molecule has 5 heteroatoms. The van der Waals surface area contributed by atoms with Crippen LogP contribution in [0.15, 0.2) is 12.4 Å². The van der Waals surface area contributed by atoms with Gasteiger partial charge in [0.2, 0.25) is 0 Å². The molecule has 1 atom stereocenters. The van der Waals surface area contributed by atoms with Crippen LogP contribution in [-0.4, -0.2) is 34.8 Å². The number of carbonyl (C=O) groups is 1. The predicted octanol–water partition coefficient (Wildman–Crippen LogP) is 0.292. The first-order valence-electron chi connectivity index (χ1n) is 5.76. The molecule has 2 rings (SSSR count). The molecule has 5 nitrogen and oxygen atoms in total. The van der Waals surface area contributed by atoms with Gasteiger partial charge in [-0.05, 0) is 25.8 Å². The van der Waals surface area contributed by atoms with Crippen LogP contribution >= 0.6 is 0 Å². The first-order chi connectivity index (χ1) is 7.75. The van der Waals surface area contributed by atoms with Crippen molar-refractivity contribution in [2.24, 2.45) is 7.05 Å². The second-order valence-corrected chi connectivity index (χ2v) is 4.24. The van der Waals surface area contributed by atoms with E-state index in [0.717, 1.165) is 19.5 Å². The highest BCUT2D eigenvalue weighted by molar-refractivity contribution is 5.93. The molecule has 1 unspecified atom stereocenters. The quantitative estimate of drug-likeness (QED) is 0.770. The summed E-state index contributed by atoms with van der Waals surface area (Å²) < 4.78 is 1.63. The zero-order chi connectivity index (χ0) is 11.4. The molecule has 0 spiro atoms. The van der Waals surface area contributed by atoms with Crippen molar-refractivity contribution in [2.45, 2.75) is 25.3 Å². The van der Waals surface area contributed by atoms with E-state index in [1.807, 2.05) is 0 Å². The van der Waals surface area contributed by atoms with Crippen molar-refractivity contribution in [1.29, 1.82) is 0 Å². The Balaban J connectivity index is 1.71. The Kier molecular flexibility index (Phi) is 3.56. The summed E-state index contributed by atoms with van der Waals surface area (Å²) in [5, 5.41) is 10.3. The van der Waals surface area contributed by atoms with Crippen molar-refractivity contribution in [3.63, 3.8) is 0 Å². The van der Waals surface area contributed by atoms with Crippen LogP contribution in [0.4, 0.5) is 0 Å². The largest absolute Gasteiger partial charge is 0.352 e. The Hall–Kier alpha value is -1.36. The summed E-state index contributed by atoms with van der Waals surface area (Å²) >= 11 is 0. The number of nitrogens with zero attached hydrogens (tertiary/aromatic N) is 2. The molecule has 1 aliphatic rings. The summed E-state index contributed by atoms with van der Waals surface area (Å²) in [6.45, 7) is 1.84. The fourth-order valence-corrected chi connectivity index (χ4v) is 2.00. The van der Waals surface area contributed by atoms with Gasteiger partial charge >= 0.3 is 0 Å². The fourth-order valence-electron chi connectivity index (χ4n) is 2.00. The molecule has 1 aromatic rings. The number of aromatic nitrogens is 2. The van der Waals surface area contributed by atoms with Gasteiger partial charge in [0.25, 0.3) is 5.91 Å². The number of nitrogens with one attached hydrogen (secondary N) is 2. The van der Waals surface area contributed by atoms with E-state index in [2.05, 4.69) is 15.7 Å². The fraction of sp³-hybridized carbons (Fsp3) is 0.636. The second-order valence-electron chi connectivity index (χ2n) is 4.24. The first-order valence-corrected chi connectivity index (χ1v) is 5.76. The first kappa shape index (κ1) is 11.1. The summed E-state index contributed by atoms with van der Waals surface area (Å²) in [4.78, 5) is 11.6. The van der Waals surface area contributed by atoms with Gasteiger partial charge in [0.1, 0.15) is 0 Å². The van der Waals surface area contributed by atoms with Gasteiger partial charge < -0.3 is 10.6 Å². The summed E-state index contributed by atoms with van der Waals surface area (Å²) in [5.74, 6) is -0.0360.